The summed E-state index contributed by atoms with van der Waals surface area (Å²) in [5, 5.41) is 14.3. The van der Waals surface area contributed by atoms with E-state index in [9.17, 15) is 4.79 Å². The third-order valence-corrected chi connectivity index (χ3v) is 4.83. The molecule has 4 rings (SSSR count). The molecule has 0 saturated carbocycles. The van der Waals surface area contributed by atoms with E-state index >= 15 is 0 Å². The average molecular weight is 372 g/mol. The van der Waals surface area contributed by atoms with Gasteiger partial charge in [0.05, 0.1) is 27.4 Å². The number of ketones is 1. The maximum absolute atomic E-state index is 12.8. The molecule has 142 valence electrons. The lowest BCUT2D eigenvalue weighted by atomic mass is 9.86. The Hall–Kier alpha value is -3.23. The Kier molecular flexibility index (Phi) is 4.35. The van der Waals surface area contributed by atoms with Crippen LogP contribution in [0.3, 0.4) is 0 Å². The molecule has 1 aliphatic carbocycles. The van der Waals surface area contributed by atoms with Crippen LogP contribution in [0.25, 0.3) is 0 Å². The maximum atomic E-state index is 12.8. The Morgan fingerprint density at radius 3 is 2.56 bits per heavy atom. The lowest BCUT2D eigenvalue weighted by Gasteiger charge is -2.27. The number of anilines is 2. The second-order valence-corrected chi connectivity index (χ2v) is 6.26. The molecule has 9 heteroatoms. The third-order valence-electron chi connectivity index (χ3n) is 4.83. The van der Waals surface area contributed by atoms with Crippen molar-refractivity contribution in [3.05, 3.63) is 29.0 Å². The maximum Gasteiger partial charge on any atom is 0.219 e. The van der Waals surface area contributed by atoms with Crippen LogP contribution in [0.5, 0.6) is 17.2 Å². The minimum absolute atomic E-state index is 0.0696. The first-order chi connectivity index (χ1) is 13.2. The Balaban J connectivity index is 1.92. The number of hydrogen-bond acceptors (Lipinski definition) is 9. The summed E-state index contributed by atoms with van der Waals surface area (Å²) in [5.41, 5.74) is 2.19. The number of methoxy groups -OCH3 is 3. The largest absolute Gasteiger partial charge is 0.493 e. The molecule has 2 N–H and O–H groups in total. The van der Waals surface area contributed by atoms with Crippen molar-refractivity contribution in [2.75, 3.05) is 32.0 Å². The van der Waals surface area contributed by atoms with Gasteiger partial charge in [-0.1, -0.05) is 0 Å². The smallest absolute Gasteiger partial charge is 0.219 e. The number of benzene rings is 1. The average Bonchev–Trinajstić information content (AvgIpc) is 3.05. The second-order valence-electron chi connectivity index (χ2n) is 6.26. The number of carbonyl (C=O) groups is 1. The fourth-order valence-electron chi connectivity index (χ4n) is 3.63. The van der Waals surface area contributed by atoms with E-state index in [-0.39, 0.29) is 5.78 Å². The van der Waals surface area contributed by atoms with Crippen LogP contribution in [0, 0.1) is 0 Å². The van der Waals surface area contributed by atoms with Gasteiger partial charge in [-0.3, -0.25) is 4.79 Å². The predicted octanol–water partition coefficient (Wildman–Crippen LogP) is 2.68. The molecule has 2 aromatic rings. The molecule has 0 radical (unpaired) electrons. The Morgan fingerprint density at radius 1 is 1.04 bits per heavy atom. The van der Waals surface area contributed by atoms with Crippen LogP contribution in [0.2, 0.25) is 0 Å². The van der Waals surface area contributed by atoms with E-state index in [0.717, 1.165) is 24.1 Å². The van der Waals surface area contributed by atoms with E-state index < -0.39 is 6.04 Å². The van der Waals surface area contributed by atoms with Gasteiger partial charge >= 0.3 is 0 Å². The predicted molar refractivity (Wildman–Crippen MR) is 96.3 cm³/mol. The van der Waals surface area contributed by atoms with Crippen molar-refractivity contribution in [1.82, 2.24) is 10.3 Å². The molecule has 0 fully saturated rings. The van der Waals surface area contributed by atoms with E-state index in [1.165, 1.54) is 0 Å². The lowest BCUT2D eigenvalue weighted by molar-refractivity contribution is -0.116. The van der Waals surface area contributed by atoms with E-state index in [0.29, 0.717) is 40.9 Å². The number of Topliss-reactive ketones (excluding diaryl/α,β-unsaturated/α-hetero) is 1. The van der Waals surface area contributed by atoms with Gasteiger partial charge in [0.1, 0.15) is 0 Å². The number of aromatic nitrogens is 2. The highest BCUT2D eigenvalue weighted by Gasteiger charge is 2.36. The lowest BCUT2D eigenvalue weighted by Crippen LogP contribution is -2.24. The fraction of sp³-hybridized carbons (Fsp3) is 0.389. The first-order valence-corrected chi connectivity index (χ1v) is 8.59. The monoisotopic (exact) mass is 372 g/mol. The van der Waals surface area contributed by atoms with Crippen molar-refractivity contribution in [2.45, 2.75) is 25.3 Å². The molecule has 1 aliphatic heterocycles. The summed E-state index contributed by atoms with van der Waals surface area (Å²) in [6.45, 7) is 0. The van der Waals surface area contributed by atoms with Crippen LogP contribution in [0.4, 0.5) is 11.6 Å². The molecule has 1 aromatic heterocycles. The number of carbonyl (C=O) groups excluding carboxylic acids is 1. The normalized spacial score (nSPS) is 18.6. The zero-order valence-electron chi connectivity index (χ0n) is 15.3. The molecule has 0 saturated heterocycles. The summed E-state index contributed by atoms with van der Waals surface area (Å²) in [4.78, 5) is 12.8. The van der Waals surface area contributed by atoms with Crippen molar-refractivity contribution in [3.8, 4) is 17.2 Å². The minimum Gasteiger partial charge on any atom is -0.493 e. The highest BCUT2D eigenvalue weighted by Crippen LogP contribution is 2.47. The molecule has 2 heterocycles. The number of rotatable bonds is 4. The number of fused-ring (bicyclic) bond motifs is 1. The van der Waals surface area contributed by atoms with Crippen LogP contribution >= 0.6 is 0 Å². The topological polar surface area (TPSA) is 108 Å². The summed E-state index contributed by atoms with van der Waals surface area (Å²) in [6.07, 6.45) is 2.01. The Labute approximate surface area is 155 Å². The molecule has 0 spiro atoms. The van der Waals surface area contributed by atoms with Crippen LogP contribution in [-0.2, 0) is 4.79 Å². The van der Waals surface area contributed by atoms with E-state index in [1.807, 2.05) is 6.07 Å². The molecular formula is C18H20N4O5. The third kappa shape index (κ3) is 2.75. The van der Waals surface area contributed by atoms with Crippen LogP contribution < -0.4 is 24.8 Å². The first-order valence-electron chi connectivity index (χ1n) is 8.59. The van der Waals surface area contributed by atoms with Gasteiger partial charge in [-0.25, -0.2) is 4.63 Å². The molecule has 0 unspecified atom stereocenters. The zero-order chi connectivity index (χ0) is 19.0. The van der Waals surface area contributed by atoms with Crippen molar-refractivity contribution < 1.29 is 23.6 Å². The van der Waals surface area contributed by atoms with Gasteiger partial charge in [0.15, 0.2) is 17.3 Å². The highest BCUT2D eigenvalue weighted by molar-refractivity contribution is 6.00. The summed E-state index contributed by atoms with van der Waals surface area (Å²) in [6, 6.07) is 3.14. The highest BCUT2D eigenvalue weighted by atomic mass is 16.6. The first kappa shape index (κ1) is 17.2. The van der Waals surface area contributed by atoms with Gasteiger partial charge in [0.25, 0.3) is 0 Å². The van der Waals surface area contributed by atoms with Crippen molar-refractivity contribution in [1.29, 1.82) is 0 Å². The van der Waals surface area contributed by atoms with Gasteiger partial charge < -0.3 is 24.8 Å². The quantitative estimate of drug-likeness (QED) is 0.837. The molecule has 27 heavy (non-hydrogen) atoms. The van der Waals surface area contributed by atoms with E-state index in [4.69, 9.17) is 18.8 Å². The van der Waals surface area contributed by atoms with Gasteiger partial charge in [0.2, 0.25) is 17.4 Å². The van der Waals surface area contributed by atoms with E-state index in [1.54, 1.807) is 27.4 Å². The molecule has 9 nitrogen and oxygen atoms in total. The SMILES string of the molecule is COc1ccc([C@H]2Nc3nonc3NC3=C2C(=O)CCC3)c(OC)c1OC. The summed E-state index contributed by atoms with van der Waals surface area (Å²) in [7, 11) is 4.66. The van der Waals surface area contributed by atoms with E-state index in [2.05, 4.69) is 20.9 Å². The van der Waals surface area contributed by atoms with Crippen molar-refractivity contribution in [3.63, 3.8) is 0 Å². The van der Waals surface area contributed by atoms with Crippen LogP contribution in [0.1, 0.15) is 30.9 Å². The molecule has 1 aromatic carbocycles. The number of ether oxygens (including phenoxy) is 3. The standard InChI is InChI=1S/C18H20N4O5/c1-24-12-8-7-9(15(25-2)16(12)26-3)14-13-10(5-4-6-11(13)23)19-17-18(20-14)22-27-21-17/h7-8,14H,4-6H2,1-3H3,(H,19,21)(H,20,22)/t14-/m1/s1. The van der Waals surface area contributed by atoms with Crippen LogP contribution in [-0.4, -0.2) is 37.4 Å². The molecule has 1 atom stereocenters. The number of nitrogens with zero attached hydrogens (tertiary/aromatic N) is 2. The summed E-state index contributed by atoms with van der Waals surface area (Å²) in [5.74, 6) is 2.44. The van der Waals surface area contributed by atoms with Gasteiger partial charge in [-0.15, -0.1) is 0 Å². The second kappa shape index (κ2) is 6.82. The van der Waals surface area contributed by atoms with Gasteiger partial charge in [-0.2, -0.15) is 0 Å². The van der Waals surface area contributed by atoms with Crippen LogP contribution in [0.15, 0.2) is 28.0 Å². The molecular weight excluding hydrogens is 352 g/mol. The summed E-state index contributed by atoms with van der Waals surface area (Å²) >= 11 is 0. The zero-order valence-corrected chi connectivity index (χ0v) is 15.3. The number of allylic oxidation sites excluding steroid dienone is 1. The van der Waals surface area contributed by atoms with Crippen molar-refractivity contribution in [2.24, 2.45) is 0 Å². The van der Waals surface area contributed by atoms with Gasteiger partial charge in [0, 0.05) is 23.3 Å². The fourth-order valence-corrected chi connectivity index (χ4v) is 3.63. The molecule has 0 bridgehead atoms. The Morgan fingerprint density at radius 2 is 1.81 bits per heavy atom. The number of nitrogens with one attached hydrogen (secondary N) is 2. The molecule has 2 aliphatic rings. The minimum atomic E-state index is -0.497. The van der Waals surface area contributed by atoms with Gasteiger partial charge in [-0.05, 0) is 35.3 Å². The Bertz CT molecular complexity index is 920. The van der Waals surface area contributed by atoms with Crippen molar-refractivity contribution >= 4 is 17.4 Å². The molecule has 0 amide bonds. The summed E-state index contributed by atoms with van der Waals surface area (Å²) < 4.78 is 21.3. The number of hydrogen-bond donors (Lipinski definition) is 2.